The summed E-state index contributed by atoms with van der Waals surface area (Å²) in [5.41, 5.74) is 4.08. The lowest BCUT2D eigenvalue weighted by Crippen LogP contribution is -2.37. The molecule has 1 aromatic carbocycles. The fourth-order valence-electron chi connectivity index (χ4n) is 4.60. The van der Waals surface area contributed by atoms with Gasteiger partial charge < -0.3 is 5.32 Å². The highest BCUT2D eigenvalue weighted by Crippen LogP contribution is 2.43. The molecule has 1 aliphatic carbocycles. The number of pyridine rings is 2. The van der Waals surface area contributed by atoms with Crippen LogP contribution in [-0.2, 0) is 9.71 Å². The van der Waals surface area contributed by atoms with Gasteiger partial charge in [0.25, 0.3) is 0 Å². The molecule has 6 nitrogen and oxygen atoms in total. The van der Waals surface area contributed by atoms with Gasteiger partial charge in [-0.15, -0.1) is 11.3 Å². The van der Waals surface area contributed by atoms with Gasteiger partial charge in [-0.1, -0.05) is 0 Å². The van der Waals surface area contributed by atoms with Crippen molar-refractivity contribution < 1.29 is 4.21 Å². The van der Waals surface area contributed by atoms with Crippen LogP contribution in [0.2, 0.25) is 0 Å². The standard InChI is InChI=1S/C25H27N5OS2/c1-33(2,31)30-12-9-16(10-13-30)21-15-22-19(4-3-11-26-22)24(28-21)27-18-7-8-20-23(14-18)32-25(29-20)17-5-6-17/h3-4,7-8,11,14-17H,1,5-6,9-10,12-13H2,2H3,(H,27,28). The molecule has 0 amide bonds. The highest BCUT2D eigenvalue weighted by atomic mass is 32.2. The van der Waals surface area contributed by atoms with Gasteiger partial charge >= 0.3 is 0 Å². The van der Waals surface area contributed by atoms with Crippen LogP contribution in [0, 0.1) is 0 Å². The topological polar surface area (TPSA) is 71.0 Å². The van der Waals surface area contributed by atoms with E-state index >= 15 is 0 Å². The predicted octanol–water partition coefficient (Wildman–Crippen LogP) is 5.30. The molecule has 1 atom stereocenters. The van der Waals surface area contributed by atoms with Crippen molar-refractivity contribution >= 4 is 59.5 Å². The zero-order valence-electron chi connectivity index (χ0n) is 18.7. The molecule has 1 saturated carbocycles. The average Bonchev–Trinajstić information content (AvgIpc) is 3.58. The number of thiazole rings is 1. The molecule has 2 fully saturated rings. The van der Waals surface area contributed by atoms with Gasteiger partial charge in [0.15, 0.2) is 0 Å². The van der Waals surface area contributed by atoms with Crippen LogP contribution in [0.4, 0.5) is 11.5 Å². The Bertz CT molecular complexity index is 1450. The predicted molar refractivity (Wildman–Crippen MR) is 139 cm³/mol. The van der Waals surface area contributed by atoms with Gasteiger partial charge in [0.2, 0.25) is 0 Å². The molecule has 4 aromatic rings. The maximum atomic E-state index is 12.3. The zero-order valence-corrected chi connectivity index (χ0v) is 20.3. The lowest BCUT2D eigenvalue weighted by atomic mass is 9.93. The maximum Gasteiger partial charge on any atom is 0.140 e. The first-order chi connectivity index (χ1) is 15.9. The quantitative estimate of drug-likeness (QED) is 0.395. The van der Waals surface area contributed by atoms with Crippen molar-refractivity contribution in [3.8, 4) is 0 Å². The molecule has 3 aromatic heterocycles. The van der Waals surface area contributed by atoms with Crippen LogP contribution in [0.1, 0.15) is 48.2 Å². The Morgan fingerprint density at radius 3 is 2.64 bits per heavy atom. The minimum absolute atomic E-state index is 0.319. The second kappa shape index (κ2) is 8.04. The summed E-state index contributed by atoms with van der Waals surface area (Å²) in [6, 6.07) is 12.5. The van der Waals surface area contributed by atoms with Crippen LogP contribution < -0.4 is 5.32 Å². The Kier molecular flexibility index (Phi) is 5.12. The summed E-state index contributed by atoms with van der Waals surface area (Å²) in [4.78, 5) is 14.5. The number of nitrogens with one attached hydrogen (secondary N) is 1. The minimum Gasteiger partial charge on any atom is -0.340 e. The van der Waals surface area contributed by atoms with Crippen LogP contribution in [0.5, 0.6) is 0 Å². The Labute approximate surface area is 198 Å². The molecule has 8 heteroatoms. The van der Waals surface area contributed by atoms with Crippen molar-refractivity contribution in [1.82, 2.24) is 19.3 Å². The zero-order chi connectivity index (χ0) is 22.6. The van der Waals surface area contributed by atoms with Gasteiger partial charge in [-0.3, -0.25) is 9.19 Å². The van der Waals surface area contributed by atoms with E-state index in [9.17, 15) is 4.21 Å². The van der Waals surface area contributed by atoms with Gasteiger partial charge in [-0.25, -0.2) is 14.3 Å². The molecule has 1 saturated heterocycles. The SMILES string of the molecule is C=S(C)(=O)N1CCC(c2cc3ncccc3c(Nc3ccc4nc(C5CC5)sc4c3)n2)CC1. The molecule has 33 heavy (non-hydrogen) atoms. The number of fused-ring (bicyclic) bond motifs is 2. The van der Waals surface area contributed by atoms with Gasteiger partial charge in [0, 0.05) is 63.9 Å². The number of anilines is 2. The van der Waals surface area contributed by atoms with Crippen molar-refractivity contribution in [1.29, 1.82) is 0 Å². The van der Waals surface area contributed by atoms with E-state index in [4.69, 9.17) is 9.97 Å². The smallest absolute Gasteiger partial charge is 0.140 e. The van der Waals surface area contributed by atoms with E-state index in [-0.39, 0.29) is 0 Å². The third-order valence-corrected chi connectivity index (χ3v) is 9.27. The molecular weight excluding hydrogens is 450 g/mol. The van der Waals surface area contributed by atoms with Crippen LogP contribution in [0.25, 0.3) is 21.1 Å². The van der Waals surface area contributed by atoms with Gasteiger partial charge in [-0.2, -0.15) is 0 Å². The lowest BCUT2D eigenvalue weighted by Gasteiger charge is -2.32. The van der Waals surface area contributed by atoms with Crippen LogP contribution in [0.15, 0.2) is 42.6 Å². The van der Waals surface area contributed by atoms with Crippen molar-refractivity contribution in [3.05, 3.63) is 53.3 Å². The van der Waals surface area contributed by atoms with Crippen molar-refractivity contribution in [2.45, 2.75) is 37.5 Å². The van der Waals surface area contributed by atoms with E-state index in [1.807, 2.05) is 27.9 Å². The molecule has 1 N–H and O–H groups in total. The Balaban J connectivity index is 1.32. The number of nitrogens with zero attached hydrogens (tertiary/aromatic N) is 4. The van der Waals surface area contributed by atoms with Crippen LogP contribution in [0.3, 0.4) is 0 Å². The Hall–Kier alpha value is -2.55. The van der Waals surface area contributed by atoms with Gasteiger partial charge in [0.05, 0.1) is 20.7 Å². The summed E-state index contributed by atoms with van der Waals surface area (Å²) in [6.07, 6.45) is 7.93. The average molecular weight is 478 g/mol. The third-order valence-electron chi connectivity index (χ3n) is 6.63. The first kappa shape index (κ1) is 21.0. The number of piperidine rings is 1. The van der Waals surface area contributed by atoms with Crippen LogP contribution in [-0.4, -0.2) is 48.7 Å². The van der Waals surface area contributed by atoms with Crippen molar-refractivity contribution in [2.75, 3.05) is 24.7 Å². The lowest BCUT2D eigenvalue weighted by molar-refractivity contribution is 0.331. The van der Waals surface area contributed by atoms with E-state index in [1.54, 1.807) is 6.26 Å². The van der Waals surface area contributed by atoms with E-state index in [1.165, 1.54) is 22.5 Å². The summed E-state index contributed by atoms with van der Waals surface area (Å²) in [6.45, 7) is 1.55. The third kappa shape index (κ3) is 4.23. The first-order valence-corrected chi connectivity index (χ1v) is 14.4. The molecule has 1 aliphatic heterocycles. The molecule has 1 unspecified atom stereocenters. The van der Waals surface area contributed by atoms with E-state index in [2.05, 4.69) is 46.5 Å². The highest BCUT2D eigenvalue weighted by Gasteiger charge is 2.27. The van der Waals surface area contributed by atoms with Crippen LogP contribution >= 0.6 is 11.3 Å². The summed E-state index contributed by atoms with van der Waals surface area (Å²) in [7, 11) is -2.15. The molecule has 0 radical (unpaired) electrons. The number of rotatable bonds is 5. The van der Waals surface area contributed by atoms with E-state index < -0.39 is 9.71 Å². The fraction of sp³-hybridized carbons (Fsp3) is 0.360. The monoisotopic (exact) mass is 477 g/mol. The molecule has 2 aliphatic rings. The van der Waals surface area contributed by atoms with E-state index in [0.717, 1.165) is 59.5 Å². The van der Waals surface area contributed by atoms with Crippen molar-refractivity contribution in [2.24, 2.45) is 0 Å². The fourth-order valence-corrected chi connectivity index (χ4v) is 6.76. The van der Waals surface area contributed by atoms with Gasteiger partial charge in [-0.05, 0) is 68.0 Å². The Morgan fingerprint density at radius 1 is 1.06 bits per heavy atom. The summed E-state index contributed by atoms with van der Waals surface area (Å²) in [5.74, 6) is 5.67. The number of hydrogen-bond acceptors (Lipinski definition) is 6. The molecule has 4 heterocycles. The summed E-state index contributed by atoms with van der Waals surface area (Å²) in [5, 5.41) is 5.84. The second-order valence-electron chi connectivity index (χ2n) is 9.26. The first-order valence-electron chi connectivity index (χ1n) is 11.4. The number of benzene rings is 1. The number of aromatic nitrogens is 3. The van der Waals surface area contributed by atoms with E-state index in [0.29, 0.717) is 11.8 Å². The molecule has 0 spiro atoms. The highest BCUT2D eigenvalue weighted by molar-refractivity contribution is 7.97. The van der Waals surface area contributed by atoms with Gasteiger partial charge in [0.1, 0.15) is 5.82 Å². The molecule has 6 rings (SSSR count). The molecule has 170 valence electrons. The summed E-state index contributed by atoms with van der Waals surface area (Å²) < 4.78 is 15.5. The largest absolute Gasteiger partial charge is 0.340 e. The minimum atomic E-state index is -2.15. The van der Waals surface area contributed by atoms with Crippen molar-refractivity contribution in [3.63, 3.8) is 0 Å². The molecule has 0 bridgehead atoms. The normalized spacial score (nSPS) is 19.7. The Morgan fingerprint density at radius 2 is 1.88 bits per heavy atom. The second-order valence-corrected chi connectivity index (χ2v) is 12.8. The number of hydrogen-bond donors (Lipinski definition) is 1. The summed E-state index contributed by atoms with van der Waals surface area (Å²) >= 11 is 1.81. The molecular formula is C25H27N5OS2. The maximum absolute atomic E-state index is 12.3.